The molecule has 0 radical (unpaired) electrons. The first-order chi connectivity index (χ1) is 10.0. The van der Waals surface area contributed by atoms with Crippen LogP contribution in [0.25, 0.3) is 0 Å². The van der Waals surface area contributed by atoms with Gasteiger partial charge in [-0.3, -0.25) is 4.79 Å². The van der Waals surface area contributed by atoms with Gasteiger partial charge in [-0.2, -0.15) is 0 Å². The lowest BCUT2D eigenvalue weighted by molar-refractivity contribution is -0.121. The van der Waals surface area contributed by atoms with E-state index < -0.39 is 0 Å². The number of carbonyl (C=O) groups excluding carboxylic acids is 1. The van der Waals surface area contributed by atoms with Crippen LogP contribution in [-0.4, -0.2) is 37.0 Å². The van der Waals surface area contributed by atoms with E-state index in [9.17, 15) is 4.79 Å². The lowest BCUT2D eigenvalue weighted by Crippen LogP contribution is -2.33. The van der Waals surface area contributed by atoms with Crippen LogP contribution in [0.15, 0.2) is 24.3 Å². The topological polar surface area (TPSA) is 58.4 Å². The number of hydrogen-bond donors (Lipinski definition) is 2. The van der Waals surface area contributed by atoms with Gasteiger partial charge in [0.1, 0.15) is 0 Å². The van der Waals surface area contributed by atoms with Crippen molar-refractivity contribution in [3.63, 3.8) is 0 Å². The molecule has 1 aromatic rings. The Kier molecular flexibility index (Phi) is 5.62. The molecule has 0 spiro atoms. The van der Waals surface area contributed by atoms with Gasteiger partial charge in [0, 0.05) is 31.1 Å². The minimum absolute atomic E-state index is 0.0660. The van der Waals surface area contributed by atoms with Gasteiger partial charge in [0.15, 0.2) is 0 Å². The number of amides is 1. The van der Waals surface area contributed by atoms with Crippen LogP contribution in [-0.2, 0) is 11.3 Å². The highest BCUT2D eigenvalue weighted by Gasteiger charge is 2.32. The van der Waals surface area contributed by atoms with Crippen LogP contribution in [0.1, 0.15) is 25.3 Å². The Bertz CT molecular complexity index is 494. The van der Waals surface area contributed by atoms with Crippen molar-refractivity contribution in [3.8, 4) is 0 Å². The molecule has 3 N–H and O–H groups in total. The van der Waals surface area contributed by atoms with Gasteiger partial charge in [-0.1, -0.05) is 36.7 Å². The van der Waals surface area contributed by atoms with Crippen molar-refractivity contribution in [3.05, 3.63) is 34.9 Å². The summed E-state index contributed by atoms with van der Waals surface area (Å²) in [5.41, 5.74) is 6.96. The van der Waals surface area contributed by atoms with E-state index in [1.54, 1.807) is 0 Å². The summed E-state index contributed by atoms with van der Waals surface area (Å²) in [7, 11) is 0. The summed E-state index contributed by atoms with van der Waals surface area (Å²) in [6.45, 7) is 6.22. The summed E-state index contributed by atoms with van der Waals surface area (Å²) in [5.74, 6) is 0.0660. The maximum absolute atomic E-state index is 11.9. The molecule has 1 atom stereocenters. The molecule has 4 nitrogen and oxygen atoms in total. The molecule has 116 valence electrons. The van der Waals surface area contributed by atoms with E-state index >= 15 is 0 Å². The Morgan fingerprint density at radius 3 is 2.90 bits per heavy atom. The van der Waals surface area contributed by atoms with Crippen LogP contribution in [0.5, 0.6) is 0 Å². The number of rotatable bonds is 6. The van der Waals surface area contributed by atoms with E-state index in [1.165, 1.54) is 0 Å². The zero-order valence-corrected chi connectivity index (χ0v) is 13.3. The molecule has 1 aliphatic rings. The van der Waals surface area contributed by atoms with E-state index in [-0.39, 0.29) is 11.3 Å². The minimum Gasteiger partial charge on any atom is -0.352 e. The van der Waals surface area contributed by atoms with Gasteiger partial charge in [0.05, 0.1) is 0 Å². The Labute approximate surface area is 131 Å². The summed E-state index contributed by atoms with van der Waals surface area (Å²) >= 11 is 6.06. The predicted molar refractivity (Wildman–Crippen MR) is 86.1 cm³/mol. The summed E-state index contributed by atoms with van der Waals surface area (Å²) in [5, 5.41) is 3.61. The standard InChI is InChI=1S/C16H24ClN3O/c1-16(11-18)7-9-20(12-16)8-6-15(21)19-10-13-4-2-3-5-14(13)17/h2-5H,6-12,18H2,1H3,(H,19,21). The molecule has 21 heavy (non-hydrogen) atoms. The first kappa shape index (κ1) is 16.3. The van der Waals surface area contributed by atoms with Gasteiger partial charge in [0.25, 0.3) is 0 Å². The number of benzene rings is 1. The number of nitrogens with two attached hydrogens (primary N) is 1. The van der Waals surface area contributed by atoms with Crippen molar-refractivity contribution >= 4 is 17.5 Å². The molecule has 1 unspecified atom stereocenters. The Balaban J connectivity index is 1.70. The van der Waals surface area contributed by atoms with E-state index in [4.69, 9.17) is 17.3 Å². The van der Waals surface area contributed by atoms with Crippen molar-refractivity contribution in [1.82, 2.24) is 10.2 Å². The second kappa shape index (κ2) is 7.25. The molecule has 1 heterocycles. The van der Waals surface area contributed by atoms with E-state index in [0.29, 0.717) is 24.5 Å². The fourth-order valence-corrected chi connectivity index (χ4v) is 2.87. The number of carbonyl (C=O) groups is 1. The van der Waals surface area contributed by atoms with E-state index in [2.05, 4.69) is 17.1 Å². The second-order valence-corrected chi connectivity index (χ2v) is 6.57. The van der Waals surface area contributed by atoms with Crippen molar-refractivity contribution < 1.29 is 4.79 Å². The van der Waals surface area contributed by atoms with Gasteiger partial charge in [0.2, 0.25) is 5.91 Å². The average molecular weight is 310 g/mol. The molecule has 1 amide bonds. The number of nitrogens with one attached hydrogen (secondary N) is 1. The molecular formula is C16H24ClN3O. The highest BCUT2D eigenvalue weighted by molar-refractivity contribution is 6.31. The van der Waals surface area contributed by atoms with E-state index in [0.717, 1.165) is 31.6 Å². The van der Waals surface area contributed by atoms with Crippen LogP contribution < -0.4 is 11.1 Å². The first-order valence-electron chi connectivity index (χ1n) is 7.45. The second-order valence-electron chi connectivity index (χ2n) is 6.16. The highest BCUT2D eigenvalue weighted by Crippen LogP contribution is 2.28. The van der Waals surface area contributed by atoms with Crippen LogP contribution in [0.2, 0.25) is 5.02 Å². The first-order valence-corrected chi connectivity index (χ1v) is 7.83. The fourth-order valence-electron chi connectivity index (χ4n) is 2.67. The third-order valence-electron chi connectivity index (χ3n) is 4.22. The molecule has 1 aromatic carbocycles. The summed E-state index contributed by atoms with van der Waals surface area (Å²) in [4.78, 5) is 14.2. The molecule has 1 saturated heterocycles. The van der Waals surface area contributed by atoms with Crippen LogP contribution >= 0.6 is 11.6 Å². The lowest BCUT2D eigenvalue weighted by atomic mass is 9.90. The largest absolute Gasteiger partial charge is 0.352 e. The van der Waals surface area contributed by atoms with Crippen molar-refractivity contribution in [2.24, 2.45) is 11.1 Å². The summed E-state index contributed by atoms with van der Waals surface area (Å²) in [6, 6.07) is 7.57. The third-order valence-corrected chi connectivity index (χ3v) is 4.59. The predicted octanol–water partition coefficient (Wildman–Crippen LogP) is 2.02. The molecule has 5 heteroatoms. The Morgan fingerprint density at radius 1 is 1.48 bits per heavy atom. The zero-order valence-electron chi connectivity index (χ0n) is 12.6. The number of halogens is 1. The van der Waals surface area contributed by atoms with Crippen LogP contribution in [0.3, 0.4) is 0 Å². The molecule has 1 fully saturated rings. The summed E-state index contributed by atoms with van der Waals surface area (Å²) < 4.78 is 0. The van der Waals surface area contributed by atoms with Crippen molar-refractivity contribution in [2.75, 3.05) is 26.2 Å². The van der Waals surface area contributed by atoms with Crippen LogP contribution in [0.4, 0.5) is 0 Å². The molecule has 1 aliphatic heterocycles. The maximum atomic E-state index is 11.9. The van der Waals surface area contributed by atoms with Gasteiger partial charge in [-0.15, -0.1) is 0 Å². The van der Waals surface area contributed by atoms with Crippen LogP contribution in [0, 0.1) is 5.41 Å². The van der Waals surface area contributed by atoms with Crippen molar-refractivity contribution in [1.29, 1.82) is 0 Å². The molecule has 0 saturated carbocycles. The smallest absolute Gasteiger partial charge is 0.221 e. The molecule has 0 aromatic heterocycles. The Hall–Kier alpha value is -1.10. The molecule has 0 bridgehead atoms. The molecular weight excluding hydrogens is 286 g/mol. The molecule has 2 rings (SSSR count). The average Bonchev–Trinajstić information content (AvgIpc) is 2.87. The van der Waals surface area contributed by atoms with Gasteiger partial charge >= 0.3 is 0 Å². The quantitative estimate of drug-likeness (QED) is 0.845. The van der Waals surface area contributed by atoms with Gasteiger partial charge < -0.3 is 16.0 Å². The number of hydrogen-bond acceptors (Lipinski definition) is 3. The van der Waals surface area contributed by atoms with Gasteiger partial charge in [-0.25, -0.2) is 0 Å². The lowest BCUT2D eigenvalue weighted by Gasteiger charge is -2.22. The highest BCUT2D eigenvalue weighted by atomic mass is 35.5. The van der Waals surface area contributed by atoms with Crippen molar-refractivity contribution in [2.45, 2.75) is 26.3 Å². The Morgan fingerprint density at radius 2 is 2.24 bits per heavy atom. The SMILES string of the molecule is CC1(CN)CCN(CCC(=O)NCc2ccccc2Cl)C1. The van der Waals surface area contributed by atoms with E-state index in [1.807, 2.05) is 24.3 Å². The minimum atomic E-state index is 0.0660. The normalized spacial score (nSPS) is 22.4. The molecule has 0 aliphatic carbocycles. The third kappa shape index (κ3) is 4.70. The number of nitrogens with zero attached hydrogens (tertiary/aromatic N) is 1. The summed E-state index contributed by atoms with van der Waals surface area (Å²) in [6.07, 6.45) is 1.63. The fraction of sp³-hybridized carbons (Fsp3) is 0.562. The van der Waals surface area contributed by atoms with Gasteiger partial charge in [-0.05, 0) is 36.6 Å². The maximum Gasteiger partial charge on any atom is 0.221 e. The monoisotopic (exact) mass is 309 g/mol. The zero-order chi connectivity index (χ0) is 15.3. The number of likely N-dealkylation sites (tertiary alicyclic amines) is 1.